The van der Waals surface area contributed by atoms with Crippen molar-refractivity contribution in [2.24, 2.45) is 7.05 Å². The number of nitrogens with zero attached hydrogens (tertiary/aromatic N) is 3. The monoisotopic (exact) mass is 219 g/mol. The zero-order chi connectivity index (χ0) is 11.7. The largest absolute Gasteiger partial charge is 0.285 e. The average molecular weight is 219 g/mol. The molecule has 0 spiro atoms. The maximum atomic E-state index is 13.6. The van der Waals surface area contributed by atoms with E-state index in [0.717, 1.165) is 0 Å². The number of rotatable bonds is 2. The first-order valence-electron chi connectivity index (χ1n) is 4.76. The number of ketones is 1. The molecule has 0 aromatic carbocycles. The lowest BCUT2D eigenvalue weighted by Gasteiger charge is -1.95. The maximum absolute atomic E-state index is 13.6. The lowest BCUT2D eigenvalue weighted by Crippen LogP contribution is -2.06. The molecule has 0 aliphatic carbocycles. The predicted octanol–water partition coefficient (Wildman–Crippen LogP) is 1.49. The van der Waals surface area contributed by atoms with Gasteiger partial charge < -0.3 is 0 Å². The van der Waals surface area contributed by atoms with Gasteiger partial charge in [-0.3, -0.25) is 14.5 Å². The van der Waals surface area contributed by atoms with Crippen LogP contribution in [0.3, 0.4) is 0 Å². The van der Waals surface area contributed by atoms with E-state index in [-0.39, 0.29) is 11.4 Å². The SMILES string of the molecule is Cc1c(F)c(C(=O)c2ccccn2)nn1C. The van der Waals surface area contributed by atoms with Gasteiger partial charge >= 0.3 is 0 Å². The Morgan fingerprint density at radius 2 is 2.19 bits per heavy atom. The molecular formula is C11H10FN3O. The number of carbonyl (C=O) groups excluding carboxylic acids is 1. The van der Waals surface area contributed by atoms with Crippen molar-refractivity contribution in [1.82, 2.24) is 14.8 Å². The summed E-state index contributed by atoms with van der Waals surface area (Å²) in [5, 5.41) is 3.84. The molecule has 0 radical (unpaired) electrons. The third-order valence-electron chi connectivity index (χ3n) is 2.37. The van der Waals surface area contributed by atoms with Gasteiger partial charge in [0.05, 0.1) is 5.69 Å². The molecule has 0 aliphatic heterocycles. The van der Waals surface area contributed by atoms with E-state index >= 15 is 0 Å². The van der Waals surface area contributed by atoms with E-state index in [9.17, 15) is 9.18 Å². The summed E-state index contributed by atoms with van der Waals surface area (Å²) in [4.78, 5) is 15.7. The van der Waals surface area contributed by atoms with E-state index < -0.39 is 11.6 Å². The van der Waals surface area contributed by atoms with Crippen LogP contribution in [0.1, 0.15) is 21.9 Å². The Morgan fingerprint density at radius 1 is 1.44 bits per heavy atom. The Bertz CT molecular complexity index is 534. The van der Waals surface area contributed by atoms with Gasteiger partial charge in [-0.05, 0) is 19.1 Å². The number of hydrogen-bond donors (Lipinski definition) is 0. The van der Waals surface area contributed by atoms with Gasteiger partial charge in [-0.2, -0.15) is 5.10 Å². The van der Waals surface area contributed by atoms with Gasteiger partial charge in [0, 0.05) is 13.2 Å². The number of pyridine rings is 1. The molecule has 0 fully saturated rings. The molecule has 0 saturated carbocycles. The minimum absolute atomic E-state index is 0.182. The fourth-order valence-electron chi connectivity index (χ4n) is 1.35. The van der Waals surface area contributed by atoms with Crippen LogP contribution in [-0.2, 0) is 7.05 Å². The van der Waals surface area contributed by atoms with E-state index in [1.54, 1.807) is 26.1 Å². The van der Waals surface area contributed by atoms with Crippen LogP contribution in [0.5, 0.6) is 0 Å². The molecule has 4 nitrogen and oxygen atoms in total. The standard InChI is InChI=1S/C11H10FN3O/c1-7-9(12)10(14-15(7)2)11(16)8-5-3-4-6-13-8/h3-6H,1-2H3. The quantitative estimate of drug-likeness (QED) is 0.719. The molecule has 2 aromatic heterocycles. The summed E-state index contributed by atoms with van der Waals surface area (Å²) < 4.78 is 15.0. The zero-order valence-corrected chi connectivity index (χ0v) is 8.94. The van der Waals surface area contributed by atoms with Crippen LogP contribution in [0.2, 0.25) is 0 Å². The first-order chi connectivity index (χ1) is 7.61. The van der Waals surface area contributed by atoms with Gasteiger partial charge in [-0.15, -0.1) is 0 Å². The number of halogens is 1. The summed E-state index contributed by atoms with van der Waals surface area (Å²) in [6.45, 7) is 1.57. The molecule has 16 heavy (non-hydrogen) atoms. The molecular weight excluding hydrogens is 209 g/mol. The number of hydrogen-bond acceptors (Lipinski definition) is 3. The second kappa shape index (κ2) is 3.84. The molecule has 2 heterocycles. The van der Waals surface area contributed by atoms with Crippen molar-refractivity contribution in [1.29, 1.82) is 0 Å². The predicted molar refractivity (Wildman–Crippen MR) is 55.6 cm³/mol. The summed E-state index contributed by atoms with van der Waals surface area (Å²) in [7, 11) is 1.59. The molecule has 0 saturated heterocycles. The molecule has 0 atom stereocenters. The van der Waals surface area contributed by atoms with Gasteiger partial charge in [0.2, 0.25) is 5.78 Å². The third-order valence-corrected chi connectivity index (χ3v) is 2.37. The van der Waals surface area contributed by atoms with Crippen molar-refractivity contribution in [2.45, 2.75) is 6.92 Å². The molecule has 5 heteroatoms. The maximum Gasteiger partial charge on any atom is 0.234 e. The number of carbonyl (C=O) groups is 1. The van der Waals surface area contributed by atoms with Gasteiger partial charge in [-0.1, -0.05) is 6.07 Å². The average Bonchev–Trinajstić information content (AvgIpc) is 2.57. The Hall–Kier alpha value is -2.04. The van der Waals surface area contributed by atoms with Gasteiger partial charge in [0.1, 0.15) is 5.69 Å². The normalized spacial score (nSPS) is 10.4. The summed E-state index contributed by atoms with van der Waals surface area (Å²) in [5.41, 5.74) is 0.345. The summed E-state index contributed by atoms with van der Waals surface area (Å²) in [6.07, 6.45) is 1.49. The highest BCUT2D eigenvalue weighted by atomic mass is 19.1. The number of aromatic nitrogens is 3. The lowest BCUT2D eigenvalue weighted by atomic mass is 10.2. The number of aryl methyl sites for hydroxylation is 1. The molecule has 0 unspecified atom stereocenters. The molecule has 0 N–H and O–H groups in total. The van der Waals surface area contributed by atoms with E-state index in [1.165, 1.54) is 16.9 Å². The summed E-state index contributed by atoms with van der Waals surface area (Å²) >= 11 is 0. The van der Waals surface area contributed by atoms with E-state index in [4.69, 9.17) is 0 Å². The van der Waals surface area contributed by atoms with E-state index in [1.807, 2.05) is 0 Å². The topological polar surface area (TPSA) is 47.8 Å². The van der Waals surface area contributed by atoms with Crippen LogP contribution in [0, 0.1) is 12.7 Å². The highest BCUT2D eigenvalue weighted by molar-refractivity contribution is 6.06. The van der Waals surface area contributed by atoms with E-state index in [2.05, 4.69) is 10.1 Å². The lowest BCUT2D eigenvalue weighted by molar-refractivity contribution is 0.102. The third kappa shape index (κ3) is 1.60. The summed E-state index contributed by atoms with van der Waals surface area (Å²) in [6, 6.07) is 4.90. The Labute approximate surface area is 91.7 Å². The van der Waals surface area contributed by atoms with Crippen LogP contribution in [0.4, 0.5) is 4.39 Å². The van der Waals surface area contributed by atoms with Gasteiger partial charge in [-0.25, -0.2) is 4.39 Å². The van der Waals surface area contributed by atoms with Gasteiger partial charge in [0.25, 0.3) is 0 Å². The minimum atomic E-state index is -0.585. The molecule has 0 aliphatic rings. The van der Waals surface area contributed by atoms with E-state index in [0.29, 0.717) is 5.69 Å². The minimum Gasteiger partial charge on any atom is -0.285 e. The van der Waals surface area contributed by atoms with Crippen molar-refractivity contribution in [3.8, 4) is 0 Å². The second-order valence-corrected chi connectivity index (χ2v) is 3.42. The zero-order valence-electron chi connectivity index (χ0n) is 8.94. The van der Waals surface area contributed by atoms with Gasteiger partial charge in [0.15, 0.2) is 11.5 Å². The van der Waals surface area contributed by atoms with Crippen molar-refractivity contribution >= 4 is 5.78 Å². The van der Waals surface area contributed by atoms with Crippen LogP contribution < -0.4 is 0 Å². The first-order valence-corrected chi connectivity index (χ1v) is 4.76. The smallest absolute Gasteiger partial charge is 0.234 e. The fourth-order valence-corrected chi connectivity index (χ4v) is 1.35. The Morgan fingerprint density at radius 3 is 2.69 bits per heavy atom. The molecule has 0 amide bonds. The second-order valence-electron chi connectivity index (χ2n) is 3.42. The fraction of sp³-hybridized carbons (Fsp3) is 0.182. The van der Waals surface area contributed by atoms with Crippen molar-refractivity contribution in [3.05, 3.63) is 47.3 Å². The van der Waals surface area contributed by atoms with Crippen molar-refractivity contribution in [3.63, 3.8) is 0 Å². The van der Waals surface area contributed by atoms with Crippen LogP contribution in [0.15, 0.2) is 24.4 Å². The molecule has 2 rings (SSSR count). The van der Waals surface area contributed by atoms with Crippen LogP contribution in [-0.4, -0.2) is 20.5 Å². The highest BCUT2D eigenvalue weighted by Gasteiger charge is 2.21. The molecule has 82 valence electrons. The van der Waals surface area contributed by atoms with Crippen LogP contribution in [0.25, 0.3) is 0 Å². The van der Waals surface area contributed by atoms with Crippen LogP contribution >= 0.6 is 0 Å². The highest BCUT2D eigenvalue weighted by Crippen LogP contribution is 2.13. The Kier molecular flexibility index (Phi) is 2.52. The van der Waals surface area contributed by atoms with Crippen molar-refractivity contribution < 1.29 is 9.18 Å². The first kappa shape index (κ1) is 10.5. The summed E-state index contributed by atoms with van der Waals surface area (Å²) in [5.74, 6) is -1.08. The molecule has 2 aromatic rings. The van der Waals surface area contributed by atoms with Crippen molar-refractivity contribution in [2.75, 3.05) is 0 Å². The molecule has 0 bridgehead atoms. The Balaban J connectivity index is 2.46.